The van der Waals surface area contributed by atoms with E-state index in [4.69, 9.17) is 11.6 Å². The highest BCUT2D eigenvalue weighted by molar-refractivity contribution is 7.89. The van der Waals surface area contributed by atoms with Crippen LogP contribution in [0.5, 0.6) is 0 Å². The van der Waals surface area contributed by atoms with Crippen molar-refractivity contribution in [2.45, 2.75) is 11.4 Å². The van der Waals surface area contributed by atoms with Crippen molar-refractivity contribution >= 4 is 21.6 Å². The van der Waals surface area contributed by atoms with Crippen molar-refractivity contribution in [3.63, 3.8) is 0 Å². The highest BCUT2D eigenvalue weighted by Gasteiger charge is 2.16. The highest BCUT2D eigenvalue weighted by atomic mass is 35.5. The van der Waals surface area contributed by atoms with E-state index in [-0.39, 0.29) is 6.54 Å². The van der Waals surface area contributed by atoms with Gasteiger partial charge in [0.2, 0.25) is 10.0 Å². The first-order valence-corrected chi connectivity index (χ1v) is 7.44. The van der Waals surface area contributed by atoms with Gasteiger partial charge in [-0.05, 0) is 23.8 Å². The van der Waals surface area contributed by atoms with Gasteiger partial charge in [-0.1, -0.05) is 29.8 Å². The lowest BCUT2D eigenvalue weighted by Crippen LogP contribution is -2.23. The van der Waals surface area contributed by atoms with Crippen LogP contribution in [0.4, 0.5) is 8.78 Å². The first kappa shape index (κ1) is 14.9. The number of nitrogens with one attached hydrogen (secondary N) is 1. The summed E-state index contributed by atoms with van der Waals surface area (Å²) in [5, 5.41) is 0.403. The molecule has 0 aliphatic heterocycles. The summed E-state index contributed by atoms with van der Waals surface area (Å²) in [6.07, 6.45) is 0. The third-order valence-corrected chi connectivity index (χ3v) is 4.31. The Kier molecular flexibility index (Phi) is 4.37. The molecule has 2 aromatic carbocycles. The number of sulfonamides is 1. The lowest BCUT2D eigenvalue weighted by Gasteiger charge is -2.08. The lowest BCUT2D eigenvalue weighted by molar-refractivity contribution is 0.561. The number of hydrogen-bond acceptors (Lipinski definition) is 2. The van der Waals surface area contributed by atoms with E-state index in [0.717, 1.165) is 12.1 Å². The van der Waals surface area contributed by atoms with Crippen molar-refractivity contribution in [2.24, 2.45) is 0 Å². The molecule has 20 heavy (non-hydrogen) atoms. The lowest BCUT2D eigenvalue weighted by atomic mass is 10.2. The molecular formula is C13H10ClF2NO2S. The van der Waals surface area contributed by atoms with Crippen LogP contribution in [0.3, 0.4) is 0 Å². The first-order valence-electron chi connectivity index (χ1n) is 5.58. The van der Waals surface area contributed by atoms with E-state index in [9.17, 15) is 17.2 Å². The maximum Gasteiger partial charge on any atom is 0.241 e. The molecule has 0 aliphatic carbocycles. The van der Waals surface area contributed by atoms with Gasteiger partial charge in [0.1, 0.15) is 11.6 Å². The molecule has 106 valence electrons. The normalized spacial score (nSPS) is 11.6. The van der Waals surface area contributed by atoms with Gasteiger partial charge in [0.05, 0.1) is 4.90 Å². The average molecular weight is 318 g/mol. The summed E-state index contributed by atoms with van der Waals surface area (Å²) in [6, 6.07) is 8.78. The average Bonchev–Trinajstić information content (AvgIpc) is 2.37. The van der Waals surface area contributed by atoms with Crippen molar-refractivity contribution in [1.29, 1.82) is 0 Å². The van der Waals surface area contributed by atoms with Gasteiger partial charge in [-0.3, -0.25) is 0 Å². The van der Waals surface area contributed by atoms with Crippen molar-refractivity contribution in [2.75, 3.05) is 0 Å². The number of halogens is 3. The Hall–Kier alpha value is -1.50. The second-order valence-corrected chi connectivity index (χ2v) is 6.20. The van der Waals surface area contributed by atoms with Crippen LogP contribution in [0.1, 0.15) is 5.56 Å². The van der Waals surface area contributed by atoms with Crippen LogP contribution in [-0.4, -0.2) is 8.42 Å². The number of hydrogen-bond donors (Lipinski definition) is 1. The van der Waals surface area contributed by atoms with Gasteiger partial charge >= 0.3 is 0 Å². The number of rotatable bonds is 4. The van der Waals surface area contributed by atoms with Crippen LogP contribution in [0.15, 0.2) is 47.4 Å². The summed E-state index contributed by atoms with van der Waals surface area (Å²) in [6.45, 7) is -0.0693. The van der Waals surface area contributed by atoms with E-state index in [1.165, 1.54) is 0 Å². The van der Waals surface area contributed by atoms with Gasteiger partial charge in [0.15, 0.2) is 0 Å². The zero-order chi connectivity index (χ0) is 14.8. The first-order chi connectivity index (χ1) is 9.38. The SMILES string of the molecule is O=S(=O)(NCc1ccccc1Cl)c1cc(F)cc(F)c1. The van der Waals surface area contributed by atoms with Crippen LogP contribution in [-0.2, 0) is 16.6 Å². The minimum Gasteiger partial charge on any atom is -0.207 e. The molecule has 3 nitrogen and oxygen atoms in total. The predicted molar refractivity (Wildman–Crippen MR) is 71.8 cm³/mol. The van der Waals surface area contributed by atoms with Gasteiger partial charge in [-0.15, -0.1) is 0 Å². The summed E-state index contributed by atoms with van der Waals surface area (Å²) in [5.74, 6) is -1.91. The predicted octanol–water partition coefficient (Wildman–Crippen LogP) is 3.10. The van der Waals surface area contributed by atoms with E-state index < -0.39 is 26.6 Å². The van der Waals surface area contributed by atoms with Crippen LogP contribution < -0.4 is 4.72 Å². The fraction of sp³-hybridized carbons (Fsp3) is 0.0769. The minimum absolute atomic E-state index is 0.0693. The molecule has 0 heterocycles. The molecular weight excluding hydrogens is 308 g/mol. The van der Waals surface area contributed by atoms with Gasteiger partial charge in [0.25, 0.3) is 0 Å². The second-order valence-electron chi connectivity index (χ2n) is 4.02. The zero-order valence-corrected chi connectivity index (χ0v) is 11.7. The fourth-order valence-electron chi connectivity index (χ4n) is 1.58. The summed E-state index contributed by atoms with van der Waals surface area (Å²) < 4.78 is 52.2. The summed E-state index contributed by atoms with van der Waals surface area (Å²) in [5.41, 5.74) is 0.564. The van der Waals surface area contributed by atoms with Gasteiger partial charge in [-0.2, -0.15) is 0 Å². The second kappa shape index (κ2) is 5.87. The van der Waals surface area contributed by atoms with Crippen molar-refractivity contribution in [1.82, 2.24) is 4.72 Å². The quantitative estimate of drug-likeness (QED) is 0.942. The van der Waals surface area contributed by atoms with Crippen LogP contribution >= 0.6 is 11.6 Å². The molecule has 1 N–H and O–H groups in total. The molecule has 7 heteroatoms. The van der Waals surface area contributed by atoms with E-state index >= 15 is 0 Å². The molecule has 0 aromatic heterocycles. The minimum atomic E-state index is -4.01. The van der Waals surface area contributed by atoms with Crippen molar-refractivity contribution < 1.29 is 17.2 Å². The molecule has 0 unspecified atom stereocenters. The van der Waals surface area contributed by atoms with Crippen molar-refractivity contribution in [3.8, 4) is 0 Å². The molecule has 0 fully saturated rings. The molecule has 0 spiro atoms. The Balaban J connectivity index is 2.22. The summed E-state index contributed by atoms with van der Waals surface area (Å²) >= 11 is 5.89. The van der Waals surface area contributed by atoms with Crippen LogP contribution in [0.25, 0.3) is 0 Å². The fourth-order valence-corrected chi connectivity index (χ4v) is 2.83. The zero-order valence-electron chi connectivity index (χ0n) is 10.1. The molecule has 0 aliphatic rings. The molecule has 0 amide bonds. The summed E-state index contributed by atoms with van der Waals surface area (Å²) in [4.78, 5) is -0.470. The molecule has 0 bridgehead atoms. The topological polar surface area (TPSA) is 46.2 Å². The molecule has 2 aromatic rings. The van der Waals surface area contributed by atoms with E-state index in [1.807, 2.05) is 0 Å². The Morgan fingerprint density at radius 2 is 1.65 bits per heavy atom. The third-order valence-electron chi connectivity index (χ3n) is 2.56. The molecule has 0 atom stereocenters. The maximum atomic E-state index is 13.0. The van der Waals surface area contributed by atoms with Gasteiger partial charge in [-0.25, -0.2) is 21.9 Å². The Labute approximate surface area is 120 Å². The summed E-state index contributed by atoms with van der Waals surface area (Å²) in [7, 11) is -4.01. The van der Waals surface area contributed by atoms with E-state index in [1.54, 1.807) is 24.3 Å². The van der Waals surface area contributed by atoms with E-state index in [2.05, 4.69) is 4.72 Å². The molecule has 0 saturated carbocycles. The van der Waals surface area contributed by atoms with Crippen LogP contribution in [0, 0.1) is 11.6 Å². The molecule has 0 radical (unpaired) electrons. The van der Waals surface area contributed by atoms with Crippen molar-refractivity contribution in [3.05, 3.63) is 64.7 Å². The van der Waals surface area contributed by atoms with Crippen LogP contribution in [0.2, 0.25) is 5.02 Å². The Morgan fingerprint density at radius 3 is 2.25 bits per heavy atom. The maximum absolute atomic E-state index is 13.0. The molecule has 0 saturated heterocycles. The van der Waals surface area contributed by atoms with Gasteiger partial charge < -0.3 is 0 Å². The standard InChI is InChI=1S/C13H10ClF2NO2S/c14-13-4-2-1-3-9(13)8-17-20(18,19)12-6-10(15)5-11(16)7-12/h1-7,17H,8H2. The van der Waals surface area contributed by atoms with Gasteiger partial charge in [0, 0.05) is 17.6 Å². The Morgan fingerprint density at radius 1 is 1.05 bits per heavy atom. The number of benzene rings is 2. The largest absolute Gasteiger partial charge is 0.241 e. The third kappa shape index (κ3) is 3.53. The smallest absolute Gasteiger partial charge is 0.207 e. The molecule has 2 rings (SSSR count). The Bertz CT molecular complexity index is 715. The monoisotopic (exact) mass is 317 g/mol. The highest BCUT2D eigenvalue weighted by Crippen LogP contribution is 2.17. The van der Waals surface area contributed by atoms with E-state index in [0.29, 0.717) is 16.7 Å².